The van der Waals surface area contributed by atoms with Gasteiger partial charge >= 0.3 is 5.69 Å². The monoisotopic (exact) mass is 478 g/mol. The van der Waals surface area contributed by atoms with Crippen molar-refractivity contribution >= 4 is 22.8 Å². The molecular formula is C25H27FN6O3. The van der Waals surface area contributed by atoms with Gasteiger partial charge in [-0.3, -0.25) is 23.6 Å². The summed E-state index contributed by atoms with van der Waals surface area (Å²) in [4.78, 5) is 51.4. The van der Waals surface area contributed by atoms with Crippen molar-refractivity contribution in [2.24, 2.45) is 0 Å². The van der Waals surface area contributed by atoms with Gasteiger partial charge in [-0.1, -0.05) is 13.8 Å². The van der Waals surface area contributed by atoms with Crippen molar-refractivity contribution in [1.82, 2.24) is 24.1 Å². The normalized spacial score (nSPS) is 11.2. The summed E-state index contributed by atoms with van der Waals surface area (Å²) in [6, 6.07) is 7.80. The fourth-order valence-electron chi connectivity index (χ4n) is 4.08. The number of nitrogens with one attached hydrogen (secondary N) is 1. The molecule has 0 unspecified atom stereocenters. The van der Waals surface area contributed by atoms with Gasteiger partial charge in [-0.15, -0.1) is 0 Å². The lowest BCUT2D eigenvalue weighted by Crippen LogP contribution is -2.39. The summed E-state index contributed by atoms with van der Waals surface area (Å²) >= 11 is 0. The Bertz CT molecular complexity index is 1470. The molecule has 1 N–H and O–H groups in total. The summed E-state index contributed by atoms with van der Waals surface area (Å²) in [6.07, 6.45) is 4.22. The highest BCUT2D eigenvalue weighted by atomic mass is 19.1. The van der Waals surface area contributed by atoms with E-state index in [0.29, 0.717) is 54.2 Å². The molecule has 35 heavy (non-hydrogen) atoms. The fraction of sp³-hybridized carbons (Fsp3) is 0.320. The predicted molar refractivity (Wildman–Crippen MR) is 132 cm³/mol. The molecule has 0 bridgehead atoms. The molecule has 4 aromatic rings. The molecule has 9 nitrogen and oxygen atoms in total. The van der Waals surface area contributed by atoms with E-state index in [1.165, 1.54) is 21.7 Å². The quantitative estimate of drug-likeness (QED) is 0.390. The molecule has 4 aromatic heterocycles. The SMILES string of the molecule is CCCn1c(=O)c2[nH]c(-c3ccc(N(CC)C(=O)c4ccc(F)nc4)nc3)cc2n(CCC)c1=O. The van der Waals surface area contributed by atoms with Crippen molar-refractivity contribution in [2.45, 2.75) is 46.7 Å². The van der Waals surface area contributed by atoms with E-state index in [0.717, 1.165) is 12.5 Å². The lowest BCUT2D eigenvalue weighted by Gasteiger charge is -2.20. The van der Waals surface area contributed by atoms with Crippen LogP contribution in [0.2, 0.25) is 0 Å². The number of carbonyl (C=O) groups is 1. The largest absolute Gasteiger partial charge is 0.349 e. The summed E-state index contributed by atoms with van der Waals surface area (Å²) in [6.45, 7) is 6.93. The molecule has 1 amide bonds. The molecule has 4 rings (SSSR count). The number of aromatic amines is 1. The van der Waals surface area contributed by atoms with Gasteiger partial charge in [0.25, 0.3) is 11.5 Å². The van der Waals surface area contributed by atoms with Gasteiger partial charge in [-0.05, 0) is 50.1 Å². The van der Waals surface area contributed by atoms with Gasteiger partial charge in [0.1, 0.15) is 11.3 Å². The minimum absolute atomic E-state index is 0.256. The zero-order valence-corrected chi connectivity index (χ0v) is 19.9. The molecular weight excluding hydrogens is 451 g/mol. The number of halogens is 1. The summed E-state index contributed by atoms with van der Waals surface area (Å²) in [7, 11) is 0. The highest BCUT2D eigenvalue weighted by molar-refractivity contribution is 6.05. The van der Waals surface area contributed by atoms with Crippen LogP contribution in [0.5, 0.6) is 0 Å². The first-order valence-corrected chi connectivity index (χ1v) is 11.7. The molecule has 0 radical (unpaired) electrons. The molecule has 0 aliphatic heterocycles. The van der Waals surface area contributed by atoms with E-state index < -0.39 is 5.95 Å². The third-order valence-corrected chi connectivity index (χ3v) is 5.77. The van der Waals surface area contributed by atoms with Crippen LogP contribution in [0.3, 0.4) is 0 Å². The maximum Gasteiger partial charge on any atom is 0.331 e. The Morgan fingerprint density at radius 2 is 1.74 bits per heavy atom. The number of amides is 1. The van der Waals surface area contributed by atoms with Crippen molar-refractivity contribution in [2.75, 3.05) is 11.4 Å². The van der Waals surface area contributed by atoms with E-state index >= 15 is 0 Å². The van der Waals surface area contributed by atoms with Crippen molar-refractivity contribution in [1.29, 1.82) is 0 Å². The number of aromatic nitrogens is 5. The highest BCUT2D eigenvalue weighted by Gasteiger charge is 2.19. The number of hydrogen-bond donors (Lipinski definition) is 1. The van der Waals surface area contributed by atoms with Gasteiger partial charge in [-0.2, -0.15) is 4.39 Å². The van der Waals surface area contributed by atoms with E-state index in [1.807, 2.05) is 20.8 Å². The summed E-state index contributed by atoms with van der Waals surface area (Å²) in [5.74, 6) is -0.572. The van der Waals surface area contributed by atoms with E-state index in [9.17, 15) is 18.8 Å². The number of rotatable bonds is 8. The van der Waals surface area contributed by atoms with Crippen LogP contribution in [0.25, 0.3) is 22.3 Å². The maximum atomic E-state index is 13.1. The number of fused-ring (bicyclic) bond motifs is 1. The lowest BCUT2D eigenvalue weighted by molar-refractivity contribution is 0.0987. The Hall–Kier alpha value is -4.08. The molecule has 0 saturated carbocycles. The van der Waals surface area contributed by atoms with Gasteiger partial charge in [0.2, 0.25) is 5.95 Å². The van der Waals surface area contributed by atoms with E-state index in [4.69, 9.17) is 0 Å². The second-order valence-electron chi connectivity index (χ2n) is 8.16. The minimum atomic E-state index is -0.656. The standard InChI is InChI=1S/C25H27FN6O3/c1-4-11-31-19-13-18(29-22(19)24(34)32(12-5-2)25(31)35)16-8-10-21(28-14-16)30(6-3)23(33)17-7-9-20(26)27-15-17/h7-10,13-15,29H,4-6,11-12H2,1-3H3. The van der Waals surface area contributed by atoms with Gasteiger partial charge in [-0.25, -0.2) is 14.8 Å². The van der Waals surface area contributed by atoms with Gasteiger partial charge in [0.15, 0.2) is 0 Å². The van der Waals surface area contributed by atoms with Crippen LogP contribution in [0.4, 0.5) is 10.2 Å². The fourth-order valence-corrected chi connectivity index (χ4v) is 4.08. The third kappa shape index (κ3) is 4.51. The first kappa shape index (κ1) is 24.1. The van der Waals surface area contributed by atoms with Crippen LogP contribution in [0, 0.1) is 5.95 Å². The topological polar surface area (TPSA) is 106 Å². The molecule has 0 aromatic carbocycles. The van der Waals surface area contributed by atoms with Crippen molar-refractivity contribution in [3.63, 3.8) is 0 Å². The van der Waals surface area contributed by atoms with Crippen LogP contribution in [0.15, 0.2) is 52.3 Å². The number of hydrogen-bond acceptors (Lipinski definition) is 5. The first-order chi connectivity index (χ1) is 16.9. The Morgan fingerprint density at radius 1 is 1.00 bits per heavy atom. The Morgan fingerprint density at radius 3 is 2.34 bits per heavy atom. The zero-order valence-electron chi connectivity index (χ0n) is 19.9. The van der Waals surface area contributed by atoms with Gasteiger partial charge < -0.3 is 4.98 Å². The first-order valence-electron chi connectivity index (χ1n) is 11.7. The molecule has 4 heterocycles. The Balaban J connectivity index is 1.72. The lowest BCUT2D eigenvalue weighted by atomic mass is 10.2. The van der Waals surface area contributed by atoms with Crippen LogP contribution >= 0.6 is 0 Å². The Kier molecular flexibility index (Phi) is 6.90. The minimum Gasteiger partial charge on any atom is -0.349 e. The van der Waals surface area contributed by atoms with E-state index in [2.05, 4.69) is 15.0 Å². The van der Waals surface area contributed by atoms with Gasteiger partial charge in [0, 0.05) is 43.3 Å². The molecule has 0 atom stereocenters. The number of carbonyl (C=O) groups excluding carboxylic acids is 1. The third-order valence-electron chi connectivity index (χ3n) is 5.77. The molecule has 0 aliphatic rings. The van der Waals surface area contributed by atoms with Crippen LogP contribution in [-0.4, -0.2) is 36.5 Å². The molecule has 0 spiro atoms. The average molecular weight is 479 g/mol. The predicted octanol–water partition coefficient (Wildman–Crippen LogP) is 3.57. The van der Waals surface area contributed by atoms with Crippen LogP contribution in [-0.2, 0) is 13.1 Å². The molecule has 0 saturated heterocycles. The Labute approximate surface area is 200 Å². The van der Waals surface area contributed by atoms with E-state index in [1.54, 1.807) is 29.0 Å². The molecule has 182 valence electrons. The second kappa shape index (κ2) is 10.0. The zero-order chi connectivity index (χ0) is 25.1. The highest BCUT2D eigenvalue weighted by Crippen LogP contribution is 2.24. The second-order valence-corrected chi connectivity index (χ2v) is 8.16. The summed E-state index contributed by atoms with van der Waals surface area (Å²) in [5.41, 5.74) is 1.89. The maximum absolute atomic E-state index is 13.1. The number of anilines is 1. The number of nitrogens with zero attached hydrogens (tertiary/aromatic N) is 5. The number of pyridine rings is 2. The smallest absolute Gasteiger partial charge is 0.331 e. The molecule has 10 heteroatoms. The molecule has 0 aliphatic carbocycles. The summed E-state index contributed by atoms with van der Waals surface area (Å²) < 4.78 is 16.0. The number of H-pyrrole nitrogens is 1. The van der Waals surface area contributed by atoms with Crippen LogP contribution < -0.4 is 16.1 Å². The number of aryl methyl sites for hydroxylation is 1. The average Bonchev–Trinajstić information content (AvgIpc) is 3.31. The van der Waals surface area contributed by atoms with Crippen molar-refractivity contribution < 1.29 is 9.18 Å². The molecule has 0 fully saturated rings. The van der Waals surface area contributed by atoms with E-state index in [-0.39, 0.29) is 22.7 Å². The van der Waals surface area contributed by atoms with Crippen molar-refractivity contribution in [3.05, 3.63) is 75.1 Å². The van der Waals surface area contributed by atoms with Gasteiger partial charge in [0.05, 0.1) is 11.1 Å². The summed E-state index contributed by atoms with van der Waals surface area (Å²) in [5, 5.41) is 0. The van der Waals surface area contributed by atoms with Crippen LogP contribution in [0.1, 0.15) is 44.0 Å². The van der Waals surface area contributed by atoms with Crippen molar-refractivity contribution in [3.8, 4) is 11.3 Å².